The van der Waals surface area contributed by atoms with Crippen LogP contribution in [-0.4, -0.2) is 25.7 Å². The van der Waals surface area contributed by atoms with Gasteiger partial charge in [-0.3, -0.25) is 14.6 Å². The summed E-state index contributed by atoms with van der Waals surface area (Å²) >= 11 is 1.52. The second kappa shape index (κ2) is 7.40. The van der Waals surface area contributed by atoms with E-state index in [0.29, 0.717) is 10.8 Å². The Bertz CT molecular complexity index is 1000. The van der Waals surface area contributed by atoms with Crippen molar-refractivity contribution in [3.63, 3.8) is 0 Å². The molecule has 0 fully saturated rings. The van der Waals surface area contributed by atoms with Crippen molar-refractivity contribution >= 4 is 22.4 Å². The van der Waals surface area contributed by atoms with Crippen molar-refractivity contribution in [3.8, 4) is 11.3 Å². The van der Waals surface area contributed by atoms with E-state index >= 15 is 0 Å². The zero-order valence-corrected chi connectivity index (χ0v) is 15.7. The minimum atomic E-state index is -0.750. The van der Waals surface area contributed by atoms with Crippen molar-refractivity contribution < 1.29 is 4.79 Å². The molecule has 1 atom stereocenters. The quantitative estimate of drug-likeness (QED) is 0.750. The predicted octanol–water partition coefficient (Wildman–Crippen LogP) is 2.84. The lowest BCUT2D eigenvalue weighted by molar-refractivity contribution is -0.119. The molecule has 3 aromatic rings. The highest BCUT2D eigenvalue weighted by molar-refractivity contribution is 7.15. The first-order chi connectivity index (χ1) is 13.1. The number of thiazole rings is 1. The van der Waals surface area contributed by atoms with E-state index < -0.39 is 6.04 Å². The molecule has 0 saturated heterocycles. The number of aromatic nitrogens is 4. The van der Waals surface area contributed by atoms with E-state index in [-0.39, 0.29) is 11.5 Å². The van der Waals surface area contributed by atoms with E-state index in [1.807, 2.05) is 12.1 Å². The third-order valence-corrected chi connectivity index (χ3v) is 5.70. The third-order valence-electron chi connectivity index (χ3n) is 4.62. The molecular formula is C19H19N5O2S. The van der Waals surface area contributed by atoms with Crippen molar-refractivity contribution in [2.24, 2.45) is 0 Å². The molecule has 0 aliphatic heterocycles. The predicted molar refractivity (Wildman–Crippen MR) is 104 cm³/mol. The van der Waals surface area contributed by atoms with Gasteiger partial charge in [0.15, 0.2) is 5.13 Å². The molecule has 1 aliphatic carbocycles. The van der Waals surface area contributed by atoms with Crippen LogP contribution in [0, 0.1) is 0 Å². The van der Waals surface area contributed by atoms with Crippen molar-refractivity contribution in [3.05, 3.63) is 57.6 Å². The first-order valence-electron chi connectivity index (χ1n) is 8.91. The monoisotopic (exact) mass is 381 g/mol. The highest BCUT2D eigenvalue weighted by atomic mass is 32.1. The minimum absolute atomic E-state index is 0.303. The lowest BCUT2D eigenvalue weighted by atomic mass is 10.0. The van der Waals surface area contributed by atoms with Crippen LogP contribution in [0.5, 0.6) is 0 Å². The van der Waals surface area contributed by atoms with E-state index in [4.69, 9.17) is 0 Å². The van der Waals surface area contributed by atoms with E-state index in [1.54, 1.807) is 25.4 Å². The van der Waals surface area contributed by atoms with Gasteiger partial charge in [-0.2, -0.15) is 5.10 Å². The summed E-state index contributed by atoms with van der Waals surface area (Å²) in [6.45, 7) is 1.66. The van der Waals surface area contributed by atoms with Gasteiger partial charge in [-0.15, -0.1) is 11.3 Å². The average Bonchev–Trinajstić information content (AvgIpc) is 3.10. The largest absolute Gasteiger partial charge is 0.300 e. The molecule has 1 amide bonds. The van der Waals surface area contributed by atoms with Crippen LogP contribution >= 0.6 is 11.3 Å². The summed E-state index contributed by atoms with van der Waals surface area (Å²) in [6.07, 6.45) is 7.61. The number of carbonyl (C=O) groups excluding carboxylic acids is 1. The molecule has 4 rings (SSSR count). The van der Waals surface area contributed by atoms with Crippen LogP contribution in [0.2, 0.25) is 0 Å². The standard InChI is InChI=1S/C19H19N5O2S/c1-12(18(26)22-19-21-15-4-2-3-5-16(15)27-19)24-17(25)7-6-14(23-24)13-8-10-20-11-9-13/h6-12H,2-5H2,1H3,(H,21,22,26). The summed E-state index contributed by atoms with van der Waals surface area (Å²) in [4.78, 5) is 34.7. The van der Waals surface area contributed by atoms with Gasteiger partial charge >= 0.3 is 0 Å². The second-order valence-electron chi connectivity index (χ2n) is 6.50. The fourth-order valence-corrected chi connectivity index (χ4v) is 4.16. The Morgan fingerprint density at radius 3 is 2.74 bits per heavy atom. The number of hydrogen-bond donors (Lipinski definition) is 1. The number of amides is 1. The van der Waals surface area contributed by atoms with Crippen LogP contribution in [0.1, 0.15) is 36.4 Å². The maximum absolute atomic E-state index is 12.7. The number of anilines is 1. The number of carbonyl (C=O) groups is 1. The van der Waals surface area contributed by atoms with Crippen LogP contribution < -0.4 is 10.9 Å². The smallest absolute Gasteiger partial charge is 0.267 e. The Labute approximate surface area is 160 Å². The molecule has 7 nitrogen and oxygen atoms in total. The van der Waals surface area contributed by atoms with Crippen LogP contribution in [0.4, 0.5) is 5.13 Å². The zero-order chi connectivity index (χ0) is 18.8. The molecule has 0 saturated carbocycles. The number of rotatable bonds is 4. The Kier molecular flexibility index (Phi) is 4.81. The third kappa shape index (κ3) is 3.66. The van der Waals surface area contributed by atoms with E-state index in [0.717, 1.165) is 30.5 Å². The van der Waals surface area contributed by atoms with Gasteiger partial charge < -0.3 is 5.32 Å². The SMILES string of the molecule is CC(C(=O)Nc1nc2c(s1)CCCC2)n1nc(-c2ccncc2)ccc1=O. The maximum Gasteiger partial charge on any atom is 0.267 e. The molecule has 0 spiro atoms. The van der Waals surface area contributed by atoms with Gasteiger partial charge in [-0.25, -0.2) is 9.67 Å². The van der Waals surface area contributed by atoms with Gasteiger partial charge in [0.05, 0.1) is 11.4 Å². The van der Waals surface area contributed by atoms with Gasteiger partial charge in [-0.1, -0.05) is 0 Å². The number of hydrogen-bond acceptors (Lipinski definition) is 6. The van der Waals surface area contributed by atoms with E-state index in [2.05, 4.69) is 20.4 Å². The van der Waals surface area contributed by atoms with Crippen molar-refractivity contribution in [1.82, 2.24) is 19.7 Å². The summed E-state index contributed by atoms with van der Waals surface area (Å²) < 4.78 is 1.21. The number of nitrogens with zero attached hydrogens (tertiary/aromatic N) is 4. The number of aryl methyl sites for hydroxylation is 2. The Morgan fingerprint density at radius 1 is 1.19 bits per heavy atom. The Morgan fingerprint density at radius 2 is 1.96 bits per heavy atom. The lowest BCUT2D eigenvalue weighted by Crippen LogP contribution is -2.33. The summed E-state index contributed by atoms with van der Waals surface area (Å²) in [6, 6.07) is 5.94. The molecule has 1 unspecified atom stereocenters. The van der Waals surface area contributed by atoms with Crippen LogP contribution in [0.25, 0.3) is 11.3 Å². The summed E-state index contributed by atoms with van der Waals surface area (Å²) in [5.41, 5.74) is 2.21. The normalized spacial score (nSPS) is 14.4. The molecule has 3 aromatic heterocycles. The van der Waals surface area contributed by atoms with Crippen LogP contribution in [0.3, 0.4) is 0 Å². The fourth-order valence-electron chi connectivity index (χ4n) is 3.11. The topological polar surface area (TPSA) is 89.8 Å². The second-order valence-corrected chi connectivity index (χ2v) is 7.58. The number of fused-ring (bicyclic) bond motifs is 1. The molecule has 27 heavy (non-hydrogen) atoms. The highest BCUT2D eigenvalue weighted by Gasteiger charge is 2.21. The van der Waals surface area contributed by atoms with Crippen molar-refractivity contribution in [2.45, 2.75) is 38.6 Å². The summed E-state index contributed by atoms with van der Waals surface area (Å²) in [5, 5.41) is 7.81. The lowest BCUT2D eigenvalue weighted by Gasteiger charge is -2.14. The van der Waals surface area contributed by atoms with Gasteiger partial charge in [0.25, 0.3) is 11.5 Å². The van der Waals surface area contributed by atoms with Crippen molar-refractivity contribution in [1.29, 1.82) is 0 Å². The molecule has 138 valence electrons. The molecule has 8 heteroatoms. The van der Waals surface area contributed by atoms with Gasteiger partial charge in [-0.05, 0) is 50.8 Å². The molecule has 0 radical (unpaired) electrons. The van der Waals surface area contributed by atoms with Crippen molar-refractivity contribution in [2.75, 3.05) is 5.32 Å². The van der Waals surface area contributed by atoms with Gasteiger partial charge in [0.1, 0.15) is 6.04 Å². The van der Waals surface area contributed by atoms with Crippen LogP contribution in [0.15, 0.2) is 41.5 Å². The molecule has 0 aromatic carbocycles. The molecule has 1 aliphatic rings. The maximum atomic E-state index is 12.7. The summed E-state index contributed by atoms with van der Waals surface area (Å²) in [5.74, 6) is -0.303. The highest BCUT2D eigenvalue weighted by Crippen LogP contribution is 2.29. The summed E-state index contributed by atoms with van der Waals surface area (Å²) in [7, 11) is 0. The van der Waals surface area contributed by atoms with Crippen LogP contribution in [-0.2, 0) is 17.6 Å². The number of pyridine rings is 1. The van der Waals surface area contributed by atoms with E-state index in [9.17, 15) is 9.59 Å². The Hall–Kier alpha value is -2.87. The fraction of sp³-hybridized carbons (Fsp3) is 0.316. The number of nitrogens with one attached hydrogen (secondary N) is 1. The molecular weight excluding hydrogens is 362 g/mol. The molecule has 1 N–H and O–H groups in total. The Balaban J connectivity index is 1.56. The first kappa shape index (κ1) is 17.5. The minimum Gasteiger partial charge on any atom is -0.300 e. The van der Waals surface area contributed by atoms with E-state index in [1.165, 1.54) is 33.4 Å². The first-order valence-corrected chi connectivity index (χ1v) is 9.73. The zero-order valence-electron chi connectivity index (χ0n) is 14.9. The molecule has 3 heterocycles. The van der Waals surface area contributed by atoms with Gasteiger partial charge in [0, 0.05) is 28.9 Å². The average molecular weight is 381 g/mol. The molecule has 0 bridgehead atoms. The van der Waals surface area contributed by atoms with Gasteiger partial charge in [0.2, 0.25) is 0 Å².